The summed E-state index contributed by atoms with van der Waals surface area (Å²) in [5.41, 5.74) is 0. The van der Waals surface area contributed by atoms with Gasteiger partial charge in [0.05, 0.1) is 13.5 Å². The highest BCUT2D eigenvalue weighted by Gasteiger charge is 2.22. The summed E-state index contributed by atoms with van der Waals surface area (Å²) >= 11 is 0. The van der Waals surface area contributed by atoms with E-state index in [2.05, 4.69) is 17.0 Å². The summed E-state index contributed by atoms with van der Waals surface area (Å²) in [7, 11) is 1.43. The quantitative estimate of drug-likeness (QED) is 0.599. The van der Waals surface area contributed by atoms with Gasteiger partial charge in [-0.15, -0.1) is 0 Å². The normalized spacial score (nSPS) is 30.4. The third-order valence-corrected chi connectivity index (χ3v) is 2.11. The van der Waals surface area contributed by atoms with Crippen molar-refractivity contribution in [2.45, 2.75) is 38.3 Å². The molecule has 3 heteroatoms. The fraction of sp³-hybridized carbons (Fsp3) is 0.875. The number of hydrogen-bond donors (Lipinski definition) is 1. The largest absolute Gasteiger partial charge is 0.469 e. The number of nitrogens with one attached hydrogen (secondary N) is 1. The van der Waals surface area contributed by atoms with Crippen LogP contribution in [0.3, 0.4) is 0 Å². The highest BCUT2D eigenvalue weighted by molar-refractivity contribution is 5.69. The maximum absolute atomic E-state index is 10.8. The highest BCUT2D eigenvalue weighted by atomic mass is 16.5. The second-order valence-electron chi connectivity index (χ2n) is 3.12. The molecular formula is C8H15NO2. The molecule has 2 atom stereocenters. The van der Waals surface area contributed by atoms with Crippen LogP contribution in [0, 0.1) is 0 Å². The van der Waals surface area contributed by atoms with Crippen LogP contribution < -0.4 is 5.32 Å². The molecule has 1 aliphatic heterocycles. The first kappa shape index (κ1) is 8.53. The summed E-state index contributed by atoms with van der Waals surface area (Å²) < 4.78 is 4.57. The summed E-state index contributed by atoms with van der Waals surface area (Å²) in [6.07, 6.45) is 2.78. The van der Waals surface area contributed by atoms with Gasteiger partial charge < -0.3 is 10.1 Å². The number of carbonyl (C=O) groups is 1. The third kappa shape index (κ3) is 2.50. The first-order valence-electron chi connectivity index (χ1n) is 4.05. The van der Waals surface area contributed by atoms with Gasteiger partial charge in [-0.3, -0.25) is 4.79 Å². The van der Waals surface area contributed by atoms with E-state index in [1.165, 1.54) is 13.5 Å². The van der Waals surface area contributed by atoms with Gasteiger partial charge >= 0.3 is 5.97 Å². The Morgan fingerprint density at radius 2 is 2.36 bits per heavy atom. The van der Waals surface area contributed by atoms with E-state index in [4.69, 9.17) is 0 Å². The molecule has 0 aromatic rings. The third-order valence-electron chi connectivity index (χ3n) is 2.11. The Hall–Kier alpha value is -0.570. The smallest absolute Gasteiger partial charge is 0.307 e. The van der Waals surface area contributed by atoms with Crippen LogP contribution in [0.2, 0.25) is 0 Å². The number of esters is 1. The second kappa shape index (κ2) is 3.72. The standard InChI is InChI=1S/C8H15NO2/c1-6-3-4-7(9-6)5-8(10)11-2/h6-7,9H,3-5H2,1-2H3/t6-,7+/m0/s1. The van der Waals surface area contributed by atoms with Crippen molar-refractivity contribution in [1.29, 1.82) is 0 Å². The maximum Gasteiger partial charge on any atom is 0.307 e. The van der Waals surface area contributed by atoms with Crippen LogP contribution in [-0.4, -0.2) is 25.2 Å². The highest BCUT2D eigenvalue weighted by Crippen LogP contribution is 2.14. The fourth-order valence-electron chi connectivity index (χ4n) is 1.47. The van der Waals surface area contributed by atoms with Crippen LogP contribution >= 0.6 is 0 Å². The number of ether oxygens (including phenoxy) is 1. The molecule has 0 amide bonds. The molecule has 0 aromatic heterocycles. The SMILES string of the molecule is COC(=O)C[C@H]1CC[C@H](C)N1. The lowest BCUT2D eigenvalue weighted by Crippen LogP contribution is -2.29. The molecule has 1 aliphatic rings. The lowest BCUT2D eigenvalue weighted by atomic mass is 10.1. The molecule has 1 heterocycles. The van der Waals surface area contributed by atoms with Crippen LogP contribution in [-0.2, 0) is 9.53 Å². The molecule has 0 spiro atoms. The Morgan fingerprint density at radius 3 is 2.82 bits per heavy atom. The average Bonchev–Trinajstić information content (AvgIpc) is 2.35. The van der Waals surface area contributed by atoms with E-state index in [-0.39, 0.29) is 5.97 Å². The Kier molecular flexibility index (Phi) is 2.88. The molecule has 0 aromatic carbocycles. The summed E-state index contributed by atoms with van der Waals surface area (Å²) in [5, 5.41) is 3.32. The summed E-state index contributed by atoms with van der Waals surface area (Å²) in [6, 6.07) is 0.905. The van der Waals surface area contributed by atoms with Crippen molar-refractivity contribution in [2.75, 3.05) is 7.11 Å². The number of rotatable bonds is 2. The summed E-state index contributed by atoms with van der Waals surface area (Å²) in [6.45, 7) is 2.14. The van der Waals surface area contributed by atoms with Gasteiger partial charge in [0.1, 0.15) is 0 Å². The van der Waals surface area contributed by atoms with E-state index >= 15 is 0 Å². The van der Waals surface area contributed by atoms with Crippen molar-refractivity contribution in [2.24, 2.45) is 0 Å². The molecule has 1 saturated heterocycles. The van der Waals surface area contributed by atoms with Crippen molar-refractivity contribution in [1.82, 2.24) is 5.32 Å². The topological polar surface area (TPSA) is 38.3 Å². The molecule has 1 rings (SSSR count). The van der Waals surface area contributed by atoms with E-state index in [1.807, 2.05) is 0 Å². The first-order valence-corrected chi connectivity index (χ1v) is 4.05. The molecule has 11 heavy (non-hydrogen) atoms. The van der Waals surface area contributed by atoms with Gasteiger partial charge in [0.2, 0.25) is 0 Å². The van der Waals surface area contributed by atoms with Gasteiger partial charge in [-0.05, 0) is 19.8 Å². The Morgan fingerprint density at radius 1 is 1.64 bits per heavy atom. The zero-order valence-electron chi connectivity index (χ0n) is 7.09. The molecule has 64 valence electrons. The Balaban J connectivity index is 2.23. The van der Waals surface area contributed by atoms with Gasteiger partial charge in [-0.25, -0.2) is 0 Å². The zero-order chi connectivity index (χ0) is 8.27. The molecule has 0 unspecified atom stereocenters. The fourth-order valence-corrected chi connectivity index (χ4v) is 1.47. The maximum atomic E-state index is 10.8. The van der Waals surface area contributed by atoms with Gasteiger partial charge in [0.15, 0.2) is 0 Å². The predicted octanol–water partition coefficient (Wildman–Crippen LogP) is 0.690. The van der Waals surface area contributed by atoms with Crippen LogP contribution in [0.5, 0.6) is 0 Å². The van der Waals surface area contributed by atoms with E-state index in [1.54, 1.807) is 0 Å². The van der Waals surface area contributed by atoms with Crippen molar-refractivity contribution in [3.63, 3.8) is 0 Å². The van der Waals surface area contributed by atoms with Crippen molar-refractivity contribution >= 4 is 5.97 Å². The van der Waals surface area contributed by atoms with Gasteiger partial charge in [0, 0.05) is 12.1 Å². The monoisotopic (exact) mass is 157 g/mol. The molecular weight excluding hydrogens is 142 g/mol. The predicted molar refractivity (Wildman–Crippen MR) is 42.3 cm³/mol. The molecule has 1 fully saturated rings. The van der Waals surface area contributed by atoms with E-state index in [0.717, 1.165) is 6.42 Å². The summed E-state index contributed by atoms with van der Waals surface area (Å²) in [4.78, 5) is 10.8. The lowest BCUT2D eigenvalue weighted by molar-refractivity contribution is -0.141. The van der Waals surface area contributed by atoms with E-state index < -0.39 is 0 Å². The van der Waals surface area contributed by atoms with Crippen molar-refractivity contribution < 1.29 is 9.53 Å². The van der Waals surface area contributed by atoms with Crippen LogP contribution in [0.4, 0.5) is 0 Å². The lowest BCUT2D eigenvalue weighted by Gasteiger charge is -2.08. The number of hydrogen-bond acceptors (Lipinski definition) is 3. The minimum atomic E-state index is -0.114. The second-order valence-corrected chi connectivity index (χ2v) is 3.12. The summed E-state index contributed by atoms with van der Waals surface area (Å²) in [5.74, 6) is -0.114. The van der Waals surface area contributed by atoms with Gasteiger partial charge in [0.25, 0.3) is 0 Å². The Bertz CT molecular complexity index is 147. The number of methoxy groups -OCH3 is 1. The van der Waals surface area contributed by atoms with Gasteiger partial charge in [-0.1, -0.05) is 0 Å². The van der Waals surface area contributed by atoms with E-state index in [9.17, 15) is 4.79 Å². The minimum absolute atomic E-state index is 0.114. The van der Waals surface area contributed by atoms with Crippen molar-refractivity contribution in [3.05, 3.63) is 0 Å². The van der Waals surface area contributed by atoms with E-state index in [0.29, 0.717) is 18.5 Å². The van der Waals surface area contributed by atoms with Crippen LogP contribution in [0.15, 0.2) is 0 Å². The average molecular weight is 157 g/mol. The van der Waals surface area contributed by atoms with Crippen LogP contribution in [0.25, 0.3) is 0 Å². The molecule has 1 N–H and O–H groups in total. The molecule has 3 nitrogen and oxygen atoms in total. The molecule has 0 saturated carbocycles. The first-order chi connectivity index (χ1) is 5.22. The zero-order valence-corrected chi connectivity index (χ0v) is 7.09. The van der Waals surface area contributed by atoms with Crippen LogP contribution in [0.1, 0.15) is 26.2 Å². The minimum Gasteiger partial charge on any atom is -0.469 e. The number of carbonyl (C=O) groups excluding carboxylic acids is 1. The molecule has 0 aliphatic carbocycles. The molecule has 0 radical (unpaired) electrons. The Labute approximate surface area is 67.1 Å². The molecule has 0 bridgehead atoms. The van der Waals surface area contributed by atoms with Gasteiger partial charge in [-0.2, -0.15) is 0 Å². The van der Waals surface area contributed by atoms with Crippen molar-refractivity contribution in [3.8, 4) is 0 Å².